The van der Waals surface area contributed by atoms with Crippen molar-refractivity contribution in [3.63, 3.8) is 0 Å². The standard InChI is InChI=1S/C85H66N2/c1-84(2,3)68-39-47-80-77(53-68)82-65(48-74(63-30-26-59(27-31-63)55-18-10-6-11-19-55)64-32-28-60(29-33-64)56-20-12-7-13-21-56)38-45-73-76-50-66-49-75-72-46-44-71(54-79(72)85(4,5)78(75)51-67(66)52-81(76)87(80)83(73)82)86(69-40-34-61(35-41-69)57-22-14-8-15-23-57)70-42-36-62(37-43-70)58-24-16-9-17-25-58/h6-47,49-54,74H,48H2,1-5H3. The van der Waals surface area contributed by atoms with Crippen LogP contribution in [0.25, 0.3) is 105 Å². The van der Waals surface area contributed by atoms with E-state index in [-0.39, 0.29) is 16.7 Å². The summed E-state index contributed by atoms with van der Waals surface area (Å²) in [7, 11) is 0. The van der Waals surface area contributed by atoms with Gasteiger partial charge in [-0.1, -0.05) is 253 Å². The normalized spacial score (nSPS) is 12.9. The first-order valence-corrected chi connectivity index (χ1v) is 30.8. The summed E-state index contributed by atoms with van der Waals surface area (Å²) in [5.74, 6) is 0.120. The van der Waals surface area contributed by atoms with Gasteiger partial charge >= 0.3 is 0 Å². The number of anilines is 3. The number of rotatable bonds is 11. The van der Waals surface area contributed by atoms with Gasteiger partial charge in [-0.15, -0.1) is 0 Å². The molecule has 2 heterocycles. The van der Waals surface area contributed by atoms with Crippen LogP contribution >= 0.6 is 0 Å². The monoisotopic (exact) mass is 1110 g/mol. The second-order valence-electron chi connectivity index (χ2n) is 25.7. The Bertz CT molecular complexity index is 4890. The van der Waals surface area contributed by atoms with Crippen molar-refractivity contribution >= 4 is 65.9 Å². The van der Waals surface area contributed by atoms with E-state index in [9.17, 15) is 0 Å². The van der Waals surface area contributed by atoms with Crippen LogP contribution in [0.1, 0.15) is 73.9 Å². The summed E-state index contributed by atoms with van der Waals surface area (Å²) in [5.41, 5.74) is 27.4. The summed E-state index contributed by atoms with van der Waals surface area (Å²) >= 11 is 0. The maximum Gasteiger partial charge on any atom is 0.0623 e. The Morgan fingerprint density at radius 2 is 0.828 bits per heavy atom. The third-order valence-corrected chi connectivity index (χ3v) is 19.1. The Morgan fingerprint density at radius 1 is 0.368 bits per heavy atom. The lowest BCUT2D eigenvalue weighted by atomic mass is 9.81. The molecule has 0 N–H and O–H groups in total. The highest BCUT2D eigenvalue weighted by molar-refractivity contribution is 6.26. The van der Waals surface area contributed by atoms with E-state index < -0.39 is 0 Å². The van der Waals surface area contributed by atoms with Gasteiger partial charge in [0.15, 0.2) is 0 Å². The molecule has 87 heavy (non-hydrogen) atoms. The van der Waals surface area contributed by atoms with Crippen LogP contribution in [0.15, 0.2) is 291 Å². The largest absolute Gasteiger partial charge is 0.310 e. The van der Waals surface area contributed by atoms with Crippen molar-refractivity contribution in [2.45, 2.75) is 57.8 Å². The highest BCUT2D eigenvalue weighted by Gasteiger charge is 2.37. The molecule has 16 rings (SSSR count). The van der Waals surface area contributed by atoms with Crippen molar-refractivity contribution in [1.82, 2.24) is 4.40 Å². The van der Waals surface area contributed by atoms with Gasteiger partial charge in [0.2, 0.25) is 0 Å². The summed E-state index contributed by atoms with van der Waals surface area (Å²) in [5, 5.41) is 7.81. The van der Waals surface area contributed by atoms with Crippen molar-refractivity contribution in [3.8, 4) is 55.6 Å². The van der Waals surface area contributed by atoms with E-state index in [1.165, 1.54) is 138 Å². The number of fused-ring (bicyclic) bond motifs is 10. The molecule has 0 spiro atoms. The zero-order valence-electron chi connectivity index (χ0n) is 49.9. The maximum atomic E-state index is 2.61. The molecule has 2 heteroatoms. The van der Waals surface area contributed by atoms with Crippen molar-refractivity contribution in [2.24, 2.45) is 0 Å². The molecule has 15 aromatic rings. The Labute approximate surface area is 510 Å². The molecular weight excluding hydrogens is 1050 g/mol. The average Bonchev–Trinajstić information content (AvgIpc) is 1.57. The van der Waals surface area contributed by atoms with E-state index in [4.69, 9.17) is 0 Å². The Hall–Kier alpha value is -10.3. The van der Waals surface area contributed by atoms with E-state index in [0.717, 1.165) is 23.5 Å². The number of hydrogen-bond donors (Lipinski definition) is 0. The fourth-order valence-electron chi connectivity index (χ4n) is 14.4. The Kier molecular flexibility index (Phi) is 12.3. The summed E-state index contributed by atoms with van der Waals surface area (Å²) < 4.78 is 2.61. The van der Waals surface area contributed by atoms with Gasteiger partial charge in [0.25, 0.3) is 0 Å². The predicted molar refractivity (Wildman–Crippen MR) is 370 cm³/mol. The molecule has 13 aromatic carbocycles. The van der Waals surface area contributed by atoms with E-state index in [0.29, 0.717) is 0 Å². The lowest BCUT2D eigenvalue weighted by Gasteiger charge is -2.28. The van der Waals surface area contributed by atoms with Gasteiger partial charge in [-0.25, -0.2) is 0 Å². The third-order valence-electron chi connectivity index (χ3n) is 19.1. The molecule has 2 nitrogen and oxygen atoms in total. The van der Waals surface area contributed by atoms with Gasteiger partial charge in [0, 0.05) is 49.9 Å². The lowest BCUT2D eigenvalue weighted by Crippen LogP contribution is -2.16. The average molecular weight is 1120 g/mol. The smallest absolute Gasteiger partial charge is 0.0623 e. The highest BCUT2D eigenvalue weighted by atomic mass is 15.1. The van der Waals surface area contributed by atoms with Crippen LogP contribution in [0.5, 0.6) is 0 Å². The van der Waals surface area contributed by atoms with Gasteiger partial charge in [-0.05, 0) is 184 Å². The van der Waals surface area contributed by atoms with Crippen molar-refractivity contribution in [3.05, 3.63) is 325 Å². The highest BCUT2D eigenvalue weighted by Crippen LogP contribution is 2.53. The van der Waals surface area contributed by atoms with E-state index in [1.807, 2.05) is 0 Å². The first-order valence-electron chi connectivity index (χ1n) is 30.8. The van der Waals surface area contributed by atoms with Crippen molar-refractivity contribution in [2.75, 3.05) is 4.90 Å². The minimum absolute atomic E-state index is 0.0196. The molecule has 0 fully saturated rings. The number of nitrogens with zero attached hydrogens (tertiary/aromatic N) is 2. The predicted octanol–water partition coefficient (Wildman–Crippen LogP) is 23.1. The summed E-state index contributed by atoms with van der Waals surface area (Å²) in [6.07, 6.45) is 0.852. The summed E-state index contributed by atoms with van der Waals surface area (Å²) in [6, 6.07) is 109. The van der Waals surface area contributed by atoms with E-state index in [2.05, 4.69) is 335 Å². The molecular formula is C85H66N2. The molecule has 0 aliphatic heterocycles. The Morgan fingerprint density at radius 3 is 1.33 bits per heavy atom. The van der Waals surface area contributed by atoms with Gasteiger partial charge in [0.1, 0.15) is 0 Å². The molecule has 0 saturated carbocycles. The van der Waals surface area contributed by atoms with Crippen LogP contribution in [0, 0.1) is 0 Å². The zero-order valence-corrected chi connectivity index (χ0v) is 49.9. The molecule has 0 unspecified atom stereocenters. The molecule has 2 aromatic heterocycles. The fourth-order valence-corrected chi connectivity index (χ4v) is 14.4. The molecule has 416 valence electrons. The molecule has 1 aliphatic rings. The van der Waals surface area contributed by atoms with Crippen LogP contribution in [0.2, 0.25) is 0 Å². The van der Waals surface area contributed by atoms with Gasteiger partial charge in [-0.3, -0.25) is 0 Å². The second kappa shape index (κ2) is 20.5. The lowest BCUT2D eigenvalue weighted by molar-refractivity contribution is 0.591. The summed E-state index contributed by atoms with van der Waals surface area (Å²) in [4.78, 5) is 2.42. The minimum atomic E-state index is -0.261. The minimum Gasteiger partial charge on any atom is -0.310 e. The fraction of sp³-hybridized carbons (Fsp3) is 0.106. The number of aromatic nitrogens is 1. The molecule has 0 saturated heterocycles. The number of hydrogen-bond acceptors (Lipinski definition) is 1. The quantitative estimate of drug-likeness (QED) is 0.125. The maximum absolute atomic E-state index is 2.61. The van der Waals surface area contributed by atoms with Crippen LogP contribution < -0.4 is 4.90 Å². The molecule has 0 radical (unpaired) electrons. The zero-order chi connectivity index (χ0) is 58.5. The van der Waals surface area contributed by atoms with Gasteiger partial charge in [-0.2, -0.15) is 0 Å². The molecule has 1 aliphatic carbocycles. The molecule has 0 bridgehead atoms. The van der Waals surface area contributed by atoms with Crippen LogP contribution in [0.4, 0.5) is 17.1 Å². The first-order chi connectivity index (χ1) is 42.5. The van der Waals surface area contributed by atoms with Crippen molar-refractivity contribution < 1.29 is 0 Å². The number of benzene rings is 13. The van der Waals surface area contributed by atoms with Crippen LogP contribution in [-0.2, 0) is 17.3 Å². The van der Waals surface area contributed by atoms with Gasteiger partial charge in [0.05, 0.1) is 16.6 Å². The van der Waals surface area contributed by atoms with E-state index >= 15 is 0 Å². The van der Waals surface area contributed by atoms with Crippen molar-refractivity contribution in [1.29, 1.82) is 0 Å². The Balaban J connectivity index is 0.819. The van der Waals surface area contributed by atoms with E-state index in [1.54, 1.807) is 0 Å². The van der Waals surface area contributed by atoms with Crippen LogP contribution in [0.3, 0.4) is 0 Å². The topological polar surface area (TPSA) is 7.65 Å². The third kappa shape index (κ3) is 8.93. The first kappa shape index (κ1) is 52.3. The van der Waals surface area contributed by atoms with Crippen LogP contribution in [-0.4, -0.2) is 4.40 Å². The summed E-state index contributed by atoms with van der Waals surface area (Å²) in [6.45, 7) is 11.9. The van der Waals surface area contributed by atoms with Gasteiger partial charge < -0.3 is 9.30 Å². The molecule has 0 atom stereocenters. The second-order valence-corrected chi connectivity index (χ2v) is 25.7. The molecule has 0 amide bonds. The SMILES string of the molecule is CC(C)(C)c1ccc2c(c1)c1c(CC(c3ccc(-c4ccccc4)cc3)c3ccc(-c4ccccc4)cc3)ccc3c4cc5cc6c(cc5cc4n2c31)C(C)(C)c1cc(N(c2ccc(-c3ccccc3)cc2)c2ccc(-c3ccccc3)cc2)ccc1-6.